The molecule has 29 heavy (non-hydrogen) atoms. The first-order valence-electron chi connectivity index (χ1n) is 8.64. The van der Waals surface area contributed by atoms with Crippen LogP contribution in [0.5, 0.6) is 11.5 Å². The topological polar surface area (TPSA) is 75.7 Å². The van der Waals surface area contributed by atoms with E-state index >= 15 is 0 Å². The first-order chi connectivity index (χ1) is 13.8. The molecule has 150 valence electrons. The van der Waals surface area contributed by atoms with Crippen molar-refractivity contribution in [1.29, 1.82) is 0 Å². The fourth-order valence-corrected chi connectivity index (χ4v) is 4.35. The van der Waals surface area contributed by atoms with Gasteiger partial charge >= 0.3 is 0 Å². The Morgan fingerprint density at radius 2 is 1.62 bits per heavy atom. The van der Waals surface area contributed by atoms with Crippen LogP contribution in [0.25, 0.3) is 0 Å². The summed E-state index contributed by atoms with van der Waals surface area (Å²) in [5.41, 5.74) is 0.685. The molecule has 0 saturated carbocycles. The Morgan fingerprint density at radius 1 is 0.966 bits per heavy atom. The maximum absolute atomic E-state index is 12.8. The van der Waals surface area contributed by atoms with Gasteiger partial charge < -0.3 is 10.1 Å². The van der Waals surface area contributed by atoms with Gasteiger partial charge in [-0.1, -0.05) is 30.3 Å². The van der Waals surface area contributed by atoms with Crippen LogP contribution >= 0.6 is 15.9 Å². The summed E-state index contributed by atoms with van der Waals surface area (Å²) < 4.78 is 32.3. The highest BCUT2D eigenvalue weighted by atomic mass is 79.9. The minimum atomic E-state index is -3.70. The molecule has 0 radical (unpaired) electrons. The predicted molar refractivity (Wildman–Crippen MR) is 116 cm³/mol. The maximum Gasteiger partial charge on any atom is 0.255 e. The van der Waals surface area contributed by atoms with Gasteiger partial charge in [-0.05, 0) is 58.4 Å². The number of benzene rings is 3. The van der Waals surface area contributed by atoms with Crippen LogP contribution in [-0.4, -0.2) is 32.7 Å². The molecule has 6 nitrogen and oxygen atoms in total. The van der Waals surface area contributed by atoms with Crippen molar-refractivity contribution in [3.05, 3.63) is 82.8 Å². The number of nitrogens with one attached hydrogen (secondary N) is 1. The van der Waals surface area contributed by atoms with Crippen LogP contribution < -0.4 is 10.1 Å². The number of para-hydroxylation sites is 3. The number of ether oxygens (including phenoxy) is 1. The molecule has 0 atom stereocenters. The van der Waals surface area contributed by atoms with Crippen molar-refractivity contribution >= 4 is 37.5 Å². The number of hydrogen-bond donors (Lipinski definition) is 1. The number of carbonyl (C=O) groups excluding carboxylic acids is 1. The number of sulfonamides is 1. The van der Waals surface area contributed by atoms with E-state index in [9.17, 15) is 13.2 Å². The van der Waals surface area contributed by atoms with Crippen molar-refractivity contribution < 1.29 is 17.9 Å². The van der Waals surface area contributed by atoms with Crippen LogP contribution in [0.15, 0.2) is 82.2 Å². The summed E-state index contributed by atoms with van der Waals surface area (Å²) in [4.78, 5) is 12.8. The van der Waals surface area contributed by atoms with Crippen molar-refractivity contribution in [3.8, 4) is 11.5 Å². The van der Waals surface area contributed by atoms with E-state index < -0.39 is 15.9 Å². The lowest BCUT2D eigenvalue weighted by Gasteiger charge is -2.15. The van der Waals surface area contributed by atoms with Gasteiger partial charge in [-0.2, -0.15) is 0 Å². The monoisotopic (exact) mass is 474 g/mol. The average Bonchev–Trinajstić information content (AvgIpc) is 2.70. The summed E-state index contributed by atoms with van der Waals surface area (Å²) in [5, 5.41) is 2.79. The highest BCUT2D eigenvalue weighted by Gasteiger charge is 2.22. The quantitative estimate of drug-likeness (QED) is 0.559. The van der Waals surface area contributed by atoms with Crippen LogP contribution in [-0.2, 0) is 10.0 Å². The summed E-state index contributed by atoms with van der Waals surface area (Å²) >= 11 is 3.24. The molecule has 1 amide bonds. The Labute approximate surface area is 178 Å². The maximum atomic E-state index is 12.8. The van der Waals surface area contributed by atoms with Crippen molar-refractivity contribution in [3.63, 3.8) is 0 Å². The van der Waals surface area contributed by atoms with E-state index in [4.69, 9.17) is 4.74 Å². The zero-order valence-electron chi connectivity index (χ0n) is 15.8. The van der Waals surface area contributed by atoms with Gasteiger partial charge in [0.05, 0.1) is 10.6 Å². The summed E-state index contributed by atoms with van der Waals surface area (Å²) in [6, 6.07) is 20.7. The fourth-order valence-electron chi connectivity index (χ4n) is 2.51. The molecule has 0 aromatic heterocycles. The van der Waals surface area contributed by atoms with Gasteiger partial charge in [-0.3, -0.25) is 4.79 Å². The number of amides is 1. The lowest BCUT2D eigenvalue weighted by atomic mass is 10.2. The lowest BCUT2D eigenvalue weighted by Crippen LogP contribution is -2.23. The van der Waals surface area contributed by atoms with E-state index in [1.807, 2.05) is 30.3 Å². The van der Waals surface area contributed by atoms with Crippen LogP contribution in [0.4, 0.5) is 5.69 Å². The Bertz CT molecular complexity index is 1130. The normalized spacial score (nSPS) is 11.3. The van der Waals surface area contributed by atoms with Gasteiger partial charge in [0.1, 0.15) is 5.75 Å². The third kappa shape index (κ3) is 4.84. The molecule has 0 saturated heterocycles. The summed E-state index contributed by atoms with van der Waals surface area (Å²) in [6.07, 6.45) is 0. The van der Waals surface area contributed by atoms with Crippen LogP contribution in [0.1, 0.15) is 10.4 Å². The van der Waals surface area contributed by atoms with Crippen molar-refractivity contribution in [2.45, 2.75) is 4.90 Å². The van der Waals surface area contributed by atoms with Gasteiger partial charge in [0, 0.05) is 24.1 Å². The molecule has 0 aliphatic heterocycles. The fraction of sp³-hybridized carbons (Fsp3) is 0.0952. The molecule has 0 bridgehead atoms. The zero-order chi connectivity index (χ0) is 21.0. The molecule has 0 fully saturated rings. The smallest absolute Gasteiger partial charge is 0.255 e. The number of carbonyl (C=O) groups is 1. The molecule has 3 aromatic rings. The molecule has 0 unspecified atom stereocenters. The second kappa shape index (κ2) is 8.77. The van der Waals surface area contributed by atoms with E-state index in [-0.39, 0.29) is 10.5 Å². The molecule has 3 rings (SSSR count). The average molecular weight is 475 g/mol. The van der Waals surface area contributed by atoms with Crippen LogP contribution in [0.2, 0.25) is 0 Å². The Kier molecular flexibility index (Phi) is 6.36. The molecule has 8 heteroatoms. The van der Waals surface area contributed by atoms with Gasteiger partial charge in [0.2, 0.25) is 10.0 Å². The largest absolute Gasteiger partial charge is 0.455 e. The molecular formula is C21H19BrN2O4S. The van der Waals surface area contributed by atoms with Gasteiger partial charge in [0.15, 0.2) is 5.75 Å². The highest BCUT2D eigenvalue weighted by Crippen LogP contribution is 2.30. The first-order valence-corrected chi connectivity index (χ1v) is 10.9. The SMILES string of the molecule is CN(C)S(=O)(=O)c1cc(C(=O)Nc2ccccc2Oc2ccccc2)ccc1Br. The predicted octanol–water partition coefficient (Wildman–Crippen LogP) is 4.74. The number of rotatable bonds is 6. The standard InChI is InChI=1S/C21H19BrN2O4S/c1-24(2)29(26,27)20-14-15(12-13-17(20)22)21(25)23-18-10-6-7-11-19(18)28-16-8-4-3-5-9-16/h3-14H,1-2H3,(H,23,25). The molecule has 0 spiro atoms. The Balaban J connectivity index is 1.88. The lowest BCUT2D eigenvalue weighted by molar-refractivity contribution is 0.102. The second-order valence-corrected chi connectivity index (χ2v) is 9.27. The molecule has 0 aliphatic carbocycles. The van der Waals surface area contributed by atoms with Crippen molar-refractivity contribution in [2.75, 3.05) is 19.4 Å². The van der Waals surface area contributed by atoms with E-state index in [0.717, 1.165) is 4.31 Å². The molecule has 3 aromatic carbocycles. The number of halogens is 1. The molecular weight excluding hydrogens is 456 g/mol. The van der Waals surface area contributed by atoms with E-state index in [0.29, 0.717) is 21.7 Å². The van der Waals surface area contributed by atoms with Crippen molar-refractivity contribution in [1.82, 2.24) is 4.31 Å². The van der Waals surface area contributed by atoms with E-state index in [1.54, 1.807) is 30.3 Å². The van der Waals surface area contributed by atoms with Gasteiger partial charge in [-0.15, -0.1) is 0 Å². The summed E-state index contributed by atoms with van der Waals surface area (Å²) in [6.45, 7) is 0. The van der Waals surface area contributed by atoms with Crippen LogP contribution in [0.3, 0.4) is 0 Å². The summed E-state index contributed by atoms with van der Waals surface area (Å²) in [7, 11) is -0.831. The third-order valence-corrected chi connectivity index (χ3v) is 6.87. The highest BCUT2D eigenvalue weighted by molar-refractivity contribution is 9.10. The van der Waals surface area contributed by atoms with Gasteiger partial charge in [0.25, 0.3) is 5.91 Å². The first kappa shape index (κ1) is 21.0. The second-order valence-electron chi connectivity index (χ2n) is 6.30. The number of nitrogens with zero attached hydrogens (tertiary/aromatic N) is 1. The van der Waals surface area contributed by atoms with E-state index in [2.05, 4.69) is 21.2 Å². The van der Waals surface area contributed by atoms with E-state index in [1.165, 1.54) is 26.2 Å². The molecule has 1 N–H and O–H groups in total. The van der Waals surface area contributed by atoms with Crippen molar-refractivity contribution in [2.24, 2.45) is 0 Å². The molecule has 0 heterocycles. The molecule has 0 aliphatic rings. The number of hydrogen-bond acceptors (Lipinski definition) is 4. The number of anilines is 1. The Hall–Kier alpha value is -2.68. The van der Waals surface area contributed by atoms with Crippen LogP contribution in [0, 0.1) is 0 Å². The third-order valence-electron chi connectivity index (χ3n) is 4.06. The zero-order valence-corrected chi connectivity index (χ0v) is 18.2. The minimum Gasteiger partial charge on any atom is -0.455 e. The summed E-state index contributed by atoms with van der Waals surface area (Å²) in [5.74, 6) is 0.666. The van der Waals surface area contributed by atoms with Gasteiger partial charge in [-0.25, -0.2) is 12.7 Å². The Morgan fingerprint density at radius 3 is 2.31 bits per heavy atom. The minimum absolute atomic E-state index is 0.0176.